The van der Waals surface area contributed by atoms with E-state index in [1.54, 1.807) is 0 Å². The molecule has 1 aliphatic rings. The van der Waals surface area contributed by atoms with Crippen LogP contribution in [0, 0.1) is 5.41 Å². The number of nitrogens with two attached hydrogens (primary N) is 1. The Balaban J connectivity index is 1.57. The van der Waals surface area contributed by atoms with E-state index in [4.69, 9.17) is 15.9 Å². The smallest absolute Gasteiger partial charge is 0.311 e. The van der Waals surface area contributed by atoms with Gasteiger partial charge in [0.2, 0.25) is 0 Å². The molecule has 1 unspecified atom stereocenters. The van der Waals surface area contributed by atoms with Gasteiger partial charge in [0.25, 0.3) is 0 Å². The van der Waals surface area contributed by atoms with Crippen molar-refractivity contribution in [1.29, 1.82) is 5.41 Å². The van der Waals surface area contributed by atoms with E-state index in [0.717, 1.165) is 47.4 Å². The van der Waals surface area contributed by atoms with Crippen molar-refractivity contribution in [1.82, 2.24) is 9.88 Å². The van der Waals surface area contributed by atoms with Crippen LogP contribution < -0.4 is 15.8 Å². The molecule has 0 amide bonds. The first-order chi connectivity index (χ1) is 14.4. The zero-order chi connectivity index (χ0) is 21.3. The van der Waals surface area contributed by atoms with Crippen molar-refractivity contribution in [2.45, 2.75) is 24.9 Å². The molecule has 3 aromatic rings. The van der Waals surface area contributed by atoms with Crippen LogP contribution in [0.15, 0.2) is 48.5 Å². The molecule has 1 aliphatic heterocycles. The summed E-state index contributed by atoms with van der Waals surface area (Å²) in [5, 5.41) is 21.7. The number of carboxylic acids is 1. The third-order valence-electron chi connectivity index (χ3n) is 5.76. The van der Waals surface area contributed by atoms with Crippen molar-refractivity contribution in [2.75, 3.05) is 13.1 Å². The summed E-state index contributed by atoms with van der Waals surface area (Å²) in [7, 11) is 1.93. The van der Waals surface area contributed by atoms with Gasteiger partial charge in [-0.3, -0.25) is 10.2 Å². The highest BCUT2D eigenvalue weighted by Crippen LogP contribution is 2.28. The van der Waals surface area contributed by atoms with Gasteiger partial charge in [0.05, 0.1) is 5.92 Å². The van der Waals surface area contributed by atoms with Crippen molar-refractivity contribution in [2.24, 2.45) is 12.8 Å². The van der Waals surface area contributed by atoms with Crippen LogP contribution in [-0.4, -0.2) is 40.7 Å². The van der Waals surface area contributed by atoms with E-state index < -0.39 is 11.9 Å². The summed E-state index contributed by atoms with van der Waals surface area (Å²) < 4.78 is 7.94. The van der Waals surface area contributed by atoms with E-state index in [1.165, 1.54) is 0 Å². The molecular formula is C23H26N4O3. The average Bonchev–Trinajstić information content (AvgIpc) is 3.34. The van der Waals surface area contributed by atoms with Crippen LogP contribution in [0.2, 0.25) is 0 Å². The van der Waals surface area contributed by atoms with E-state index in [-0.39, 0.29) is 11.9 Å². The van der Waals surface area contributed by atoms with Crippen LogP contribution in [0.1, 0.15) is 29.2 Å². The van der Waals surface area contributed by atoms with Gasteiger partial charge >= 0.3 is 5.97 Å². The first-order valence-corrected chi connectivity index (χ1v) is 10.1. The van der Waals surface area contributed by atoms with Crippen LogP contribution >= 0.6 is 0 Å². The average molecular weight is 406 g/mol. The molecule has 2 aromatic carbocycles. The van der Waals surface area contributed by atoms with E-state index in [9.17, 15) is 9.90 Å². The monoisotopic (exact) mass is 406 g/mol. The SMILES string of the molecule is Cn1c(CC(C(=O)O)c2ccc(O[C@H]3CCNC3)cc2)cc2cc(C(=N)N)ccc21. The Morgan fingerprint density at radius 3 is 2.70 bits per heavy atom. The number of carbonyl (C=O) groups is 1. The Hall–Kier alpha value is -3.32. The fourth-order valence-corrected chi connectivity index (χ4v) is 4.03. The summed E-state index contributed by atoms with van der Waals surface area (Å²) in [6.07, 6.45) is 1.51. The second-order valence-electron chi connectivity index (χ2n) is 7.78. The van der Waals surface area contributed by atoms with Crippen molar-refractivity contribution >= 4 is 22.7 Å². The number of rotatable bonds is 7. The maximum absolute atomic E-state index is 12.0. The van der Waals surface area contributed by atoms with Crippen molar-refractivity contribution in [3.05, 3.63) is 65.4 Å². The Bertz CT molecular complexity index is 1080. The van der Waals surface area contributed by atoms with Gasteiger partial charge in [0.1, 0.15) is 17.7 Å². The minimum atomic E-state index is -0.863. The van der Waals surface area contributed by atoms with E-state index in [0.29, 0.717) is 12.0 Å². The fraction of sp³-hybridized carbons (Fsp3) is 0.304. The molecule has 7 heteroatoms. The van der Waals surface area contributed by atoms with Crippen molar-refractivity contribution in [3.8, 4) is 5.75 Å². The molecule has 0 spiro atoms. The van der Waals surface area contributed by atoms with Gasteiger partial charge in [-0.25, -0.2) is 0 Å². The highest BCUT2D eigenvalue weighted by atomic mass is 16.5. The molecule has 7 nitrogen and oxygen atoms in total. The Morgan fingerprint density at radius 1 is 1.30 bits per heavy atom. The summed E-state index contributed by atoms with van der Waals surface area (Å²) in [5.41, 5.74) is 8.89. The molecule has 0 saturated carbocycles. The summed E-state index contributed by atoms with van der Waals surface area (Å²) in [6.45, 7) is 1.80. The Kier molecular flexibility index (Phi) is 5.46. The number of benzene rings is 2. The number of nitrogen functional groups attached to an aromatic ring is 1. The molecule has 0 bridgehead atoms. The molecular weight excluding hydrogens is 380 g/mol. The highest BCUT2D eigenvalue weighted by molar-refractivity contribution is 5.99. The lowest BCUT2D eigenvalue weighted by molar-refractivity contribution is -0.138. The standard InChI is InChI=1S/C23H26N4O3/c1-27-17(11-16-10-15(22(24)25)4-7-21(16)27)12-20(23(28)29)14-2-5-18(6-3-14)30-19-8-9-26-13-19/h2-7,10-11,19-20,26H,8-9,12-13H2,1H3,(H3,24,25)(H,28,29)/t19-,20?/m0/s1. The number of nitrogens with one attached hydrogen (secondary N) is 2. The van der Waals surface area contributed by atoms with Crippen molar-refractivity contribution < 1.29 is 14.6 Å². The number of fused-ring (bicyclic) bond motifs is 1. The Labute approximate surface area is 175 Å². The van der Waals surface area contributed by atoms with Gasteiger partial charge in [0.15, 0.2) is 0 Å². The van der Waals surface area contributed by atoms with Crippen LogP contribution in [0.5, 0.6) is 5.75 Å². The topological polar surface area (TPSA) is 113 Å². The van der Waals surface area contributed by atoms with E-state index >= 15 is 0 Å². The molecule has 2 heterocycles. The van der Waals surface area contributed by atoms with Gasteiger partial charge in [0, 0.05) is 42.2 Å². The predicted molar refractivity (Wildman–Crippen MR) is 116 cm³/mol. The lowest BCUT2D eigenvalue weighted by atomic mass is 9.94. The molecule has 156 valence electrons. The predicted octanol–water partition coefficient (Wildman–Crippen LogP) is 2.61. The normalized spacial score (nSPS) is 17.2. The summed E-state index contributed by atoms with van der Waals surface area (Å²) in [6, 6.07) is 14.9. The molecule has 30 heavy (non-hydrogen) atoms. The van der Waals surface area contributed by atoms with Gasteiger partial charge in [-0.15, -0.1) is 0 Å². The summed E-state index contributed by atoms with van der Waals surface area (Å²) in [4.78, 5) is 12.0. The molecule has 5 N–H and O–H groups in total. The highest BCUT2D eigenvalue weighted by Gasteiger charge is 2.23. The van der Waals surface area contributed by atoms with Crippen molar-refractivity contribution in [3.63, 3.8) is 0 Å². The molecule has 0 radical (unpaired) electrons. The fourth-order valence-electron chi connectivity index (χ4n) is 4.03. The van der Waals surface area contributed by atoms with E-state index in [2.05, 4.69) is 5.32 Å². The van der Waals surface area contributed by atoms with Gasteiger partial charge in [-0.05, 0) is 54.9 Å². The number of amidine groups is 1. The van der Waals surface area contributed by atoms with Crippen LogP contribution in [0.3, 0.4) is 0 Å². The largest absolute Gasteiger partial charge is 0.489 e. The number of ether oxygens (including phenoxy) is 1. The maximum Gasteiger partial charge on any atom is 0.311 e. The van der Waals surface area contributed by atoms with E-state index in [1.807, 2.05) is 60.1 Å². The number of hydrogen-bond donors (Lipinski definition) is 4. The minimum absolute atomic E-state index is 0.0152. The van der Waals surface area contributed by atoms with Crippen LogP contribution in [-0.2, 0) is 18.3 Å². The Morgan fingerprint density at radius 2 is 2.07 bits per heavy atom. The lowest BCUT2D eigenvalue weighted by Gasteiger charge is -2.16. The molecule has 1 fully saturated rings. The zero-order valence-corrected chi connectivity index (χ0v) is 16.9. The summed E-state index contributed by atoms with van der Waals surface area (Å²) >= 11 is 0. The summed E-state index contributed by atoms with van der Waals surface area (Å²) in [5.74, 6) is -0.750. The van der Waals surface area contributed by atoms with Gasteiger partial charge < -0.3 is 25.5 Å². The van der Waals surface area contributed by atoms with Gasteiger partial charge in [-0.1, -0.05) is 12.1 Å². The molecule has 2 atom stereocenters. The first-order valence-electron chi connectivity index (χ1n) is 10.1. The molecule has 4 rings (SSSR count). The quantitative estimate of drug-likeness (QED) is 0.356. The number of aromatic nitrogens is 1. The van der Waals surface area contributed by atoms with Gasteiger partial charge in [-0.2, -0.15) is 0 Å². The lowest BCUT2D eigenvalue weighted by Crippen LogP contribution is -2.19. The first kappa shape index (κ1) is 20.0. The maximum atomic E-state index is 12.0. The minimum Gasteiger partial charge on any atom is -0.489 e. The second-order valence-corrected chi connectivity index (χ2v) is 7.78. The zero-order valence-electron chi connectivity index (χ0n) is 16.9. The number of carboxylic acid groups (broad SMARTS) is 1. The molecule has 1 saturated heterocycles. The molecule has 0 aliphatic carbocycles. The third-order valence-corrected chi connectivity index (χ3v) is 5.76. The number of nitrogens with zero attached hydrogens (tertiary/aromatic N) is 1. The number of aryl methyl sites for hydroxylation is 1. The molecule has 1 aromatic heterocycles. The second kappa shape index (κ2) is 8.20. The third kappa shape index (κ3) is 4.02. The number of aliphatic carboxylic acids is 1. The van der Waals surface area contributed by atoms with Crippen LogP contribution in [0.4, 0.5) is 0 Å². The van der Waals surface area contributed by atoms with Crippen LogP contribution in [0.25, 0.3) is 10.9 Å². The number of hydrogen-bond acceptors (Lipinski definition) is 4.